The number of thiophene rings is 1. The Labute approximate surface area is 121 Å². The van der Waals surface area contributed by atoms with Crippen LogP contribution in [0.2, 0.25) is 0 Å². The molecular formula is C13H19BrN2OS. The molecule has 0 radical (unpaired) electrons. The lowest BCUT2D eigenvalue weighted by Crippen LogP contribution is -2.32. The number of carbonyl (C=O) groups excluding carboxylic acids is 1. The Kier molecular flexibility index (Phi) is 5.21. The van der Waals surface area contributed by atoms with Gasteiger partial charge in [-0.15, -0.1) is 11.3 Å². The lowest BCUT2D eigenvalue weighted by atomic mass is 10.1. The van der Waals surface area contributed by atoms with E-state index in [1.165, 1.54) is 11.3 Å². The molecule has 3 nitrogen and oxygen atoms in total. The van der Waals surface area contributed by atoms with Gasteiger partial charge in [0.05, 0.1) is 0 Å². The van der Waals surface area contributed by atoms with Gasteiger partial charge in [-0.05, 0) is 53.8 Å². The van der Waals surface area contributed by atoms with E-state index in [4.69, 9.17) is 0 Å². The van der Waals surface area contributed by atoms with E-state index in [9.17, 15) is 4.79 Å². The van der Waals surface area contributed by atoms with Crippen molar-refractivity contribution < 1.29 is 4.79 Å². The maximum absolute atomic E-state index is 12.0. The largest absolute Gasteiger partial charge is 0.345 e. The van der Waals surface area contributed by atoms with Crippen molar-refractivity contribution >= 4 is 33.2 Å². The molecule has 0 spiro atoms. The quantitative estimate of drug-likeness (QED) is 0.899. The summed E-state index contributed by atoms with van der Waals surface area (Å²) in [6.07, 6.45) is 2.65. The number of carbonyl (C=O) groups is 1. The van der Waals surface area contributed by atoms with Gasteiger partial charge in [0.2, 0.25) is 5.91 Å². The van der Waals surface area contributed by atoms with Gasteiger partial charge < -0.3 is 10.2 Å². The molecular weight excluding hydrogens is 312 g/mol. The fourth-order valence-electron chi connectivity index (χ4n) is 2.27. The summed E-state index contributed by atoms with van der Waals surface area (Å²) in [5, 5.41) is 5.40. The predicted octanol–water partition coefficient (Wildman–Crippen LogP) is 2.51. The number of nitrogens with zero attached hydrogens (tertiary/aromatic N) is 1. The Bertz CT molecular complexity index is 401. The van der Waals surface area contributed by atoms with Crippen LogP contribution in [0.4, 0.5) is 0 Å². The van der Waals surface area contributed by atoms with Gasteiger partial charge in [-0.2, -0.15) is 0 Å². The second-order valence-electron chi connectivity index (χ2n) is 4.86. The molecule has 1 N–H and O–H groups in total. The van der Waals surface area contributed by atoms with Gasteiger partial charge in [0.25, 0.3) is 0 Å². The first-order valence-electron chi connectivity index (χ1n) is 6.32. The van der Waals surface area contributed by atoms with Crippen LogP contribution in [0.1, 0.15) is 17.7 Å². The Balaban J connectivity index is 1.73. The highest BCUT2D eigenvalue weighted by atomic mass is 79.9. The normalized spacial score (nSPS) is 19.1. The van der Waals surface area contributed by atoms with Gasteiger partial charge in [0.15, 0.2) is 0 Å². The van der Waals surface area contributed by atoms with E-state index >= 15 is 0 Å². The highest BCUT2D eigenvalue weighted by molar-refractivity contribution is 9.10. The van der Waals surface area contributed by atoms with Crippen molar-refractivity contribution in [1.82, 2.24) is 10.2 Å². The SMILES string of the molecule is CN(CC1CCNC1)C(=O)CCc1cc(Br)cs1. The number of aryl methyl sites for hydroxylation is 1. The Morgan fingerprint density at radius 2 is 2.50 bits per heavy atom. The Hall–Kier alpha value is -0.390. The molecule has 1 aromatic rings. The fraction of sp³-hybridized carbons (Fsp3) is 0.615. The topological polar surface area (TPSA) is 32.3 Å². The summed E-state index contributed by atoms with van der Waals surface area (Å²) < 4.78 is 1.11. The summed E-state index contributed by atoms with van der Waals surface area (Å²) in [6, 6.07) is 2.10. The van der Waals surface area contributed by atoms with Crippen LogP contribution in [-0.2, 0) is 11.2 Å². The smallest absolute Gasteiger partial charge is 0.222 e. The maximum atomic E-state index is 12.0. The summed E-state index contributed by atoms with van der Waals surface area (Å²) in [6.45, 7) is 3.03. The molecule has 0 bridgehead atoms. The fourth-order valence-corrected chi connectivity index (χ4v) is 3.72. The third-order valence-electron chi connectivity index (χ3n) is 3.33. The van der Waals surface area contributed by atoms with Gasteiger partial charge in [-0.3, -0.25) is 4.79 Å². The van der Waals surface area contributed by atoms with Crippen molar-refractivity contribution in [2.75, 3.05) is 26.7 Å². The molecule has 1 aliphatic rings. The average molecular weight is 331 g/mol. The molecule has 1 amide bonds. The van der Waals surface area contributed by atoms with Crippen molar-refractivity contribution in [1.29, 1.82) is 0 Å². The van der Waals surface area contributed by atoms with E-state index in [0.29, 0.717) is 12.3 Å². The second-order valence-corrected chi connectivity index (χ2v) is 6.78. The number of halogens is 1. The number of rotatable bonds is 5. The molecule has 5 heteroatoms. The van der Waals surface area contributed by atoms with Gasteiger partial charge in [0.1, 0.15) is 0 Å². The van der Waals surface area contributed by atoms with E-state index in [2.05, 4.69) is 32.7 Å². The summed E-state index contributed by atoms with van der Waals surface area (Å²) in [5.74, 6) is 0.890. The van der Waals surface area contributed by atoms with Crippen LogP contribution in [0, 0.1) is 5.92 Å². The summed E-state index contributed by atoms with van der Waals surface area (Å²) >= 11 is 5.14. The van der Waals surface area contributed by atoms with E-state index in [1.807, 2.05) is 11.9 Å². The molecule has 18 heavy (non-hydrogen) atoms. The first-order valence-corrected chi connectivity index (χ1v) is 8.00. The van der Waals surface area contributed by atoms with Gasteiger partial charge >= 0.3 is 0 Å². The van der Waals surface area contributed by atoms with Crippen LogP contribution in [0.15, 0.2) is 15.9 Å². The molecule has 0 aromatic carbocycles. The minimum Gasteiger partial charge on any atom is -0.345 e. The first-order chi connectivity index (χ1) is 8.65. The summed E-state index contributed by atoms with van der Waals surface area (Å²) in [7, 11) is 1.92. The van der Waals surface area contributed by atoms with Crippen LogP contribution >= 0.6 is 27.3 Å². The first kappa shape index (κ1) is 14.0. The maximum Gasteiger partial charge on any atom is 0.222 e. The standard InChI is InChI=1S/C13H19BrN2OS/c1-16(8-10-4-5-15-7-10)13(17)3-2-12-6-11(14)9-18-12/h6,9-10,15H,2-5,7-8H2,1H3. The van der Waals surface area contributed by atoms with E-state index in [-0.39, 0.29) is 5.91 Å². The zero-order valence-electron chi connectivity index (χ0n) is 10.6. The minimum atomic E-state index is 0.256. The number of hydrogen-bond donors (Lipinski definition) is 1. The van der Waals surface area contributed by atoms with E-state index < -0.39 is 0 Å². The van der Waals surface area contributed by atoms with Crippen LogP contribution in [0.5, 0.6) is 0 Å². The summed E-state index contributed by atoms with van der Waals surface area (Å²) in [4.78, 5) is 15.2. The lowest BCUT2D eigenvalue weighted by Gasteiger charge is -2.20. The highest BCUT2D eigenvalue weighted by Gasteiger charge is 2.18. The minimum absolute atomic E-state index is 0.256. The van der Waals surface area contributed by atoms with Gasteiger partial charge in [-0.1, -0.05) is 0 Å². The zero-order valence-corrected chi connectivity index (χ0v) is 13.0. The molecule has 2 rings (SSSR count). The van der Waals surface area contributed by atoms with Crippen molar-refractivity contribution in [3.05, 3.63) is 20.8 Å². The predicted molar refractivity (Wildman–Crippen MR) is 79.0 cm³/mol. The Morgan fingerprint density at radius 1 is 1.67 bits per heavy atom. The van der Waals surface area contributed by atoms with Crippen LogP contribution in [0.3, 0.4) is 0 Å². The van der Waals surface area contributed by atoms with Crippen molar-refractivity contribution in [2.45, 2.75) is 19.3 Å². The second kappa shape index (κ2) is 6.68. The van der Waals surface area contributed by atoms with Crippen LogP contribution in [0.25, 0.3) is 0 Å². The van der Waals surface area contributed by atoms with E-state index in [1.54, 1.807) is 11.3 Å². The third kappa shape index (κ3) is 4.07. The van der Waals surface area contributed by atoms with Crippen LogP contribution < -0.4 is 5.32 Å². The van der Waals surface area contributed by atoms with Gasteiger partial charge in [0, 0.05) is 34.7 Å². The van der Waals surface area contributed by atoms with Crippen molar-refractivity contribution in [3.8, 4) is 0 Å². The number of nitrogens with one attached hydrogen (secondary N) is 1. The molecule has 1 unspecified atom stereocenters. The molecule has 1 saturated heterocycles. The molecule has 1 atom stereocenters. The molecule has 0 aliphatic carbocycles. The lowest BCUT2D eigenvalue weighted by molar-refractivity contribution is -0.130. The number of amides is 1. The molecule has 1 fully saturated rings. The van der Waals surface area contributed by atoms with Crippen molar-refractivity contribution in [2.24, 2.45) is 5.92 Å². The monoisotopic (exact) mass is 330 g/mol. The highest BCUT2D eigenvalue weighted by Crippen LogP contribution is 2.21. The molecule has 1 aliphatic heterocycles. The average Bonchev–Trinajstić information content (AvgIpc) is 2.97. The van der Waals surface area contributed by atoms with E-state index in [0.717, 1.165) is 30.5 Å². The van der Waals surface area contributed by atoms with Gasteiger partial charge in [-0.25, -0.2) is 0 Å². The molecule has 100 valence electrons. The Morgan fingerprint density at radius 3 is 3.11 bits per heavy atom. The third-order valence-corrected chi connectivity index (χ3v) is 5.08. The molecule has 2 heterocycles. The zero-order chi connectivity index (χ0) is 13.0. The number of hydrogen-bond acceptors (Lipinski definition) is 3. The summed E-state index contributed by atoms with van der Waals surface area (Å²) in [5.41, 5.74) is 0. The van der Waals surface area contributed by atoms with Crippen LogP contribution in [-0.4, -0.2) is 37.5 Å². The van der Waals surface area contributed by atoms with Crippen molar-refractivity contribution in [3.63, 3.8) is 0 Å². The molecule has 1 aromatic heterocycles. The molecule has 0 saturated carbocycles.